The van der Waals surface area contributed by atoms with Crippen LogP contribution in [-0.4, -0.2) is 19.5 Å². The van der Waals surface area contributed by atoms with E-state index in [2.05, 4.69) is 26.3 Å². The van der Waals surface area contributed by atoms with Gasteiger partial charge in [-0.25, -0.2) is 15.0 Å². The van der Waals surface area contributed by atoms with Crippen LogP contribution in [0.1, 0.15) is 55.1 Å². The minimum absolute atomic E-state index is 0.0903. The van der Waals surface area contributed by atoms with Crippen molar-refractivity contribution in [3.05, 3.63) is 92.0 Å². The first-order valence-electron chi connectivity index (χ1n) is 11.2. The maximum Gasteiger partial charge on any atom is 0.252 e. The van der Waals surface area contributed by atoms with Crippen molar-refractivity contribution in [2.24, 2.45) is 7.05 Å². The molecule has 1 N–H and O–H groups in total. The summed E-state index contributed by atoms with van der Waals surface area (Å²) in [6, 6.07) is 9.53. The van der Waals surface area contributed by atoms with E-state index >= 15 is 0 Å². The fourth-order valence-corrected chi connectivity index (χ4v) is 4.57. The highest BCUT2D eigenvalue weighted by Crippen LogP contribution is 2.39. The third-order valence-electron chi connectivity index (χ3n) is 6.36. The van der Waals surface area contributed by atoms with Crippen LogP contribution in [0.5, 0.6) is 0 Å². The number of aryl methyl sites for hydroxylation is 1. The molecule has 1 aliphatic carbocycles. The lowest BCUT2D eigenvalue weighted by Gasteiger charge is -2.27. The van der Waals surface area contributed by atoms with Gasteiger partial charge < -0.3 is 9.88 Å². The molecule has 1 aliphatic rings. The van der Waals surface area contributed by atoms with Gasteiger partial charge in [0.2, 0.25) is 0 Å². The molecular weight excluding hydrogens is 469 g/mol. The highest BCUT2D eigenvalue weighted by molar-refractivity contribution is 6.41. The second-order valence-corrected chi connectivity index (χ2v) is 10.2. The number of anilines is 1. The predicted molar refractivity (Wildman–Crippen MR) is 137 cm³/mol. The number of pyridine rings is 2. The topological polar surface area (TPSA) is 72.7 Å². The summed E-state index contributed by atoms with van der Waals surface area (Å²) < 4.78 is 1.65. The van der Waals surface area contributed by atoms with Crippen molar-refractivity contribution in [3.8, 4) is 0 Å². The number of fused-ring (bicyclic) bond motifs is 1. The molecule has 0 atom stereocenters. The molecule has 4 aromatic rings. The molecule has 1 aromatic carbocycles. The Morgan fingerprint density at radius 2 is 1.82 bits per heavy atom. The zero-order valence-electron chi connectivity index (χ0n) is 19.3. The average molecular weight is 494 g/mol. The molecule has 34 heavy (non-hydrogen) atoms. The van der Waals surface area contributed by atoms with E-state index < -0.39 is 5.54 Å². The summed E-state index contributed by atoms with van der Waals surface area (Å²) >= 11 is 12.5. The van der Waals surface area contributed by atoms with Gasteiger partial charge in [-0.05, 0) is 73.9 Å². The van der Waals surface area contributed by atoms with Crippen molar-refractivity contribution in [2.45, 2.75) is 44.6 Å². The molecule has 3 aromatic heterocycles. The summed E-state index contributed by atoms with van der Waals surface area (Å²) in [5.74, 6) is 1.29. The van der Waals surface area contributed by atoms with Crippen molar-refractivity contribution in [3.63, 3.8) is 0 Å². The Bertz CT molecular complexity index is 1440. The monoisotopic (exact) mass is 493 g/mol. The van der Waals surface area contributed by atoms with Crippen molar-refractivity contribution >= 4 is 39.8 Å². The molecule has 0 aliphatic heterocycles. The SMILES string of the molecule is Cn1c(=O)cc(NC(C)(C)c2ncc(C3CC3)cn2)c2cc(Cc3ccnc(Cl)c3Cl)ccc21. The first-order chi connectivity index (χ1) is 16.2. The first kappa shape index (κ1) is 22.8. The van der Waals surface area contributed by atoms with E-state index in [1.165, 1.54) is 18.4 Å². The molecule has 6 nitrogen and oxygen atoms in total. The standard InChI is InChI=1S/C26H25Cl2N5O/c1-26(2,25-30-13-18(14-31-25)16-5-6-16)32-20-12-22(34)33(3)21-7-4-15(11-19(20)21)10-17-8-9-29-24(28)23(17)27/h4,7-9,11-14,16,32H,5-6,10H2,1-3H3. The number of nitrogens with zero attached hydrogens (tertiary/aromatic N) is 4. The van der Waals surface area contributed by atoms with E-state index in [1.807, 2.05) is 44.4 Å². The molecule has 174 valence electrons. The van der Waals surface area contributed by atoms with Crippen LogP contribution >= 0.6 is 23.2 Å². The van der Waals surface area contributed by atoms with Crippen LogP contribution in [-0.2, 0) is 19.0 Å². The van der Waals surface area contributed by atoms with Crippen LogP contribution in [0.3, 0.4) is 0 Å². The smallest absolute Gasteiger partial charge is 0.252 e. The Morgan fingerprint density at radius 1 is 1.09 bits per heavy atom. The molecule has 0 spiro atoms. The number of aromatic nitrogens is 4. The van der Waals surface area contributed by atoms with E-state index in [-0.39, 0.29) is 5.56 Å². The molecule has 0 bridgehead atoms. The number of halogens is 2. The quantitative estimate of drug-likeness (QED) is 0.341. The summed E-state index contributed by atoms with van der Waals surface area (Å²) in [5.41, 5.74) is 4.02. The fraction of sp³-hybridized carbons (Fsp3) is 0.308. The van der Waals surface area contributed by atoms with Gasteiger partial charge in [0.15, 0.2) is 5.82 Å². The van der Waals surface area contributed by atoms with Gasteiger partial charge in [0, 0.05) is 42.8 Å². The molecule has 0 amide bonds. The summed E-state index contributed by atoms with van der Waals surface area (Å²) in [7, 11) is 1.78. The van der Waals surface area contributed by atoms with Gasteiger partial charge >= 0.3 is 0 Å². The molecule has 0 saturated heterocycles. The second kappa shape index (κ2) is 8.67. The summed E-state index contributed by atoms with van der Waals surface area (Å²) in [5, 5.41) is 5.20. The van der Waals surface area contributed by atoms with Crippen molar-refractivity contribution in [2.75, 3.05) is 5.32 Å². The van der Waals surface area contributed by atoms with Crippen molar-refractivity contribution in [1.29, 1.82) is 0 Å². The van der Waals surface area contributed by atoms with Gasteiger partial charge in [0.1, 0.15) is 5.15 Å². The van der Waals surface area contributed by atoms with Gasteiger partial charge in [-0.2, -0.15) is 0 Å². The molecule has 0 radical (unpaired) electrons. The van der Waals surface area contributed by atoms with Gasteiger partial charge in [0.25, 0.3) is 5.56 Å². The minimum atomic E-state index is -0.584. The number of benzene rings is 1. The molecule has 1 fully saturated rings. The Kier molecular flexibility index (Phi) is 5.82. The number of hydrogen-bond acceptors (Lipinski definition) is 5. The normalized spacial score (nSPS) is 13.9. The van der Waals surface area contributed by atoms with Gasteiger partial charge in [0.05, 0.1) is 16.1 Å². The summed E-state index contributed by atoms with van der Waals surface area (Å²) in [4.78, 5) is 26.0. The van der Waals surface area contributed by atoms with Crippen LogP contribution in [0.25, 0.3) is 10.9 Å². The Balaban J connectivity index is 1.52. The number of hydrogen-bond donors (Lipinski definition) is 1. The Hall–Kier alpha value is -2.96. The zero-order chi connectivity index (χ0) is 24.0. The minimum Gasteiger partial charge on any atom is -0.372 e. The second-order valence-electron chi connectivity index (χ2n) is 9.42. The Morgan fingerprint density at radius 3 is 2.53 bits per heavy atom. The largest absolute Gasteiger partial charge is 0.372 e. The van der Waals surface area contributed by atoms with E-state index in [0.717, 1.165) is 27.7 Å². The van der Waals surface area contributed by atoms with E-state index in [9.17, 15) is 4.79 Å². The van der Waals surface area contributed by atoms with Crippen LogP contribution in [0.15, 0.2) is 53.7 Å². The molecule has 5 rings (SSSR count). The highest BCUT2D eigenvalue weighted by atomic mass is 35.5. The average Bonchev–Trinajstić information content (AvgIpc) is 3.66. The first-order valence-corrected chi connectivity index (χ1v) is 12.0. The number of rotatable bonds is 6. The number of nitrogens with one attached hydrogen (secondary N) is 1. The lowest BCUT2D eigenvalue weighted by atomic mass is 10.00. The van der Waals surface area contributed by atoms with E-state index in [1.54, 1.807) is 23.9 Å². The third kappa shape index (κ3) is 4.40. The summed E-state index contributed by atoms with van der Waals surface area (Å²) in [6.07, 6.45) is 8.51. The lowest BCUT2D eigenvalue weighted by molar-refractivity contribution is 0.561. The van der Waals surface area contributed by atoms with Crippen LogP contribution in [0, 0.1) is 0 Å². The van der Waals surface area contributed by atoms with E-state index in [4.69, 9.17) is 23.2 Å². The molecule has 1 saturated carbocycles. The highest BCUT2D eigenvalue weighted by Gasteiger charge is 2.28. The van der Waals surface area contributed by atoms with Crippen molar-refractivity contribution < 1.29 is 0 Å². The Labute approximate surface area is 208 Å². The molecule has 8 heteroatoms. The van der Waals surface area contributed by atoms with Crippen LogP contribution in [0.4, 0.5) is 5.69 Å². The zero-order valence-corrected chi connectivity index (χ0v) is 20.8. The van der Waals surface area contributed by atoms with E-state index in [0.29, 0.717) is 28.3 Å². The van der Waals surface area contributed by atoms with Crippen LogP contribution in [0.2, 0.25) is 10.2 Å². The molecular formula is C26H25Cl2N5O. The maximum absolute atomic E-state index is 12.7. The van der Waals surface area contributed by atoms with Crippen LogP contribution < -0.4 is 10.9 Å². The lowest BCUT2D eigenvalue weighted by Crippen LogP contribution is -2.31. The molecule has 0 unspecified atom stereocenters. The van der Waals surface area contributed by atoms with Crippen molar-refractivity contribution in [1.82, 2.24) is 19.5 Å². The van der Waals surface area contributed by atoms with Gasteiger partial charge in [-0.15, -0.1) is 0 Å². The predicted octanol–water partition coefficient (Wildman–Crippen LogP) is 5.85. The van der Waals surface area contributed by atoms with Gasteiger partial charge in [-0.1, -0.05) is 29.3 Å². The fourth-order valence-electron chi connectivity index (χ4n) is 4.21. The maximum atomic E-state index is 12.7. The molecule has 3 heterocycles. The van der Waals surface area contributed by atoms with Gasteiger partial charge in [-0.3, -0.25) is 4.79 Å². The summed E-state index contributed by atoms with van der Waals surface area (Å²) in [6.45, 7) is 4.04. The third-order valence-corrected chi connectivity index (χ3v) is 7.16.